The van der Waals surface area contributed by atoms with Crippen LogP contribution in [0.3, 0.4) is 0 Å². The summed E-state index contributed by atoms with van der Waals surface area (Å²) in [6.45, 7) is 4.44. The van der Waals surface area contributed by atoms with Crippen molar-refractivity contribution in [3.8, 4) is 0 Å². The summed E-state index contributed by atoms with van der Waals surface area (Å²) in [5.74, 6) is -0.432. The van der Waals surface area contributed by atoms with Crippen LogP contribution in [0.25, 0.3) is 0 Å². The zero-order chi connectivity index (χ0) is 13.0. The second-order valence-electron chi connectivity index (χ2n) is 4.66. The van der Waals surface area contributed by atoms with E-state index in [-0.39, 0.29) is 11.7 Å². The van der Waals surface area contributed by atoms with Gasteiger partial charge < -0.3 is 10.2 Å². The van der Waals surface area contributed by atoms with Crippen molar-refractivity contribution in [2.75, 3.05) is 19.6 Å². The third-order valence-corrected chi connectivity index (χ3v) is 3.27. The van der Waals surface area contributed by atoms with Gasteiger partial charge in [-0.1, -0.05) is 13.0 Å². The summed E-state index contributed by atoms with van der Waals surface area (Å²) in [6, 6.07) is 6.27. The van der Waals surface area contributed by atoms with Crippen molar-refractivity contribution in [1.82, 2.24) is 10.2 Å². The summed E-state index contributed by atoms with van der Waals surface area (Å²) in [5.41, 5.74) is 0.437. The number of amides is 1. The SMILES string of the molecule is CCNC1CCCN(C(=O)c2cccc(F)c2)C1. The quantitative estimate of drug-likeness (QED) is 0.890. The minimum Gasteiger partial charge on any atom is -0.337 e. The van der Waals surface area contributed by atoms with Crippen LogP contribution in [0, 0.1) is 5.82 Å². The molecule has 1 atom stereocenters. The van der Waals surface area contributed by atoms with Crippen LogP contribution in [0.15, 0.2) is 24.3 Å². The number of piperidine rings is 1. The molecule has 0 aliphatic carbocycles. The second kappa shape index (κ2) is 5.96. The maximum absolute atomic E-state index is 13.1. The van der Waals surface area contributed by atoms with Crippen LogP contribution in [-0.2, 0) is 0 Å². The maximum atomic E-state index is 13.1. The third-order valence-electron chi connectivity index (χ3n) is 3.27. The molecule has 3 nitrogen and oxygen atoms in total. The van der Waals surface area contributed by atoms with Crippen molar-refractivity contribution in [3.63, 3.8) is 0 Å². The first-order chi connectivity index (χ1) is 8.70. The fraction of sp³-hybridized carbons (Fsp3) is 0.500. The van der Waals surface area contributed by atoms with Crippen LogP contribution in [0.1, 0.15) is 30.1 Å². The van der Waals surface area contributed by atoms with Crippen molar-refractivity contribution < 1.29 is 9.18 Å². The van der Waals surface area contributed by atoms with Gasteiger partial charge in [0.15, 0.2) is 0 Å². The fourth-order valence-corrected chi connectivity index (χ4v) is 2.42. The number of likely N-dealkylation sites (N-methyl/N-ethyl adjacent to an activating group) is 1. The lowest BCUT2D eigenvalue weighted by atomic mass is 10.0. The summed E-state index contributed by atoms with van der Waals surface area (Å²) in [5, 5.41) is 3.36. The van der Waals surface area contributed by atoms with Gasteiger partial charge in [0.1, 0.15) is 5.82 Å². The molecule has 1 fully saturated rings. The average Bonchev–Trinajstić information content (AvgIpc) is 2.39. The molecule has 1 aliphatic heterocycles. The van der Waals surface area contributed by atoms with Gasteiger partial charge in [-0.2, -0.15) is 0 Å². The normalized spacial score (nSPS) is 19.9. The summed E-state index contributed by atoms with van der Waals surface area (Å²) in [7, 11) is 0. The summed E-state index contributed by atoms with van der Waals surface area (Å²) >= 11 is 0. The molecule has 0 saturated carbocycles. The maximum Gasteiger partial charge on any atom is 0.254 e. The lowest BCUT2D eigenvalue weighted by Gasteiger charge is -2.33. The van der Waals surface area contributed by atoms with E-state index in [2.05, 4.69) is 12.2 Å². The van der Waals surface area contributed by atoms with E-state index in [0.29, 0.717) is 18.2 Å². The number of hydrogen-bond acceptors (Lipinski definition) is 2. The summed E-state index contributed by atoms with van der Waals surface area (Å²) in [4.78, 5) is 14.0. The highest BCUT2D eigenvalue weighted by atomic mass is 19.1. The number of carbonyl (C=O) groups is 1. The van der Waals surface area contributed by atoms with E-state index in [0.717, 1.165) is 25.9 Å². The van der Waals surface area contributed by atoms with E-state index >= 15 is 0 Å². The van der Waals surface area contributed by atoms with Crippen molar-refractivity contribution in [3.05, 3.63) is 35.6 Å². The Hall–Kier alpha value is -1.42. The number of benzene rings is 1. The minimum absolute atomic E-state index is 0.0721. The highest BCUT2D eigenvalue weighted by Crippen LogP contribution is 2.14. The second-order valence-corrected chi connectivity index (χ2v) is 4.66. The number of rotatable bonds is 3. The highest BCUT2D eigenvalue weighted by molar-refractivity contribution is 5.94. The molecular formula is C14H19FN2O. The third kappa shape index (κ3) is 3.07. The lowest BCUT2D eigenvalue weighted by molar-refractivity contribution is 0.0695. The number of likely N-dealkylation sites (tertiary alicyclic amines) is 1. The van der Waals surface area contributed by atoms with E-state index in [9.17, 15) is 9.18 Å². The molecule has 2 rings (SSSR count). The molecule has 98 valence electrons. The van der Waals surface area contributed by atoms with Crippen LogP contribution in [0.2, 0.25) is 0 Å². The molecule has 1 aliphatic rings. The lowest BCUT2D eigenvalue weighted by Crippen LogP contribution is -2.47. The van der Waals surface area contributed by atoms with Gasteiger partial charge in [-0.3, -0.25) is 4.79 Å². The van der Waals surface area contributed by atoms with Gasteiger partial charge in [-0.05, 0) is 37.6 Å². The molecule has 1 amide bonds. The van der Waals surface area contributed by atoms with Crippen molar-refractivity contribution in [1.29, 1.82) is 0 Å². The van der Waals surface area contributed by atoms with Gasteiger partial charge >= 0.3 is 0 Å². The largest absolute Gasteiger partial charge is 0.337 e. The first-order valence-electron chi connectivity index (χ1n) is 6.49. The van der Waals surface area contributed by atoms with Crippen LogP contribution in [-0.4, -0.2) is 36.5 Å². The minimum atomic E-state index is -0.360. The van der Waals surface area contributed by atoms with Crippen LogP contribution < -0.4 is 5.32 Å². The van der Waals surface area contributed by atoms with Gasteiger partial charge in [0.25, 0.3) is 5.91 Å². The van der Waals surface area contributed by atoms with Crippen molar-refractivity contribution in [2.24, 2.45) is 0 Å². The van der Waals surface area contributed by atoms with Gasteiger partial charge in [0.2, 0.25) is 0 Å². The Labute approximate surface area is 107 Å². The Bertz CT molecular complexity index is 420. The molecule has 1 aromatic rings. The number of halogens is 1. The van der Waals surface area contributed by atoms with E-state index in [1.54, 1.807) is 12.1 Å². The Kier molecular flexibility index (Phi) is 4.31. The average molecular weight is 250 g/mol. The van der Waals surface area contributed by atoms with Gasteiger partial charge in [-0.25, -0.2) is 4.39 Å². The highest BCUT2D eigenvalue weighted by Gasteiger charge is 2.23. The Morgan fingerprint density at radius 3 is 3.11 bits per heavy atom. The van der Waals surface area contributed by atoms with Crippen molar-refractivity contribution in [2.45, 2.75) is 25.8 Å². The molecule has 1 heterocycles. The van der Waals surface area contributed by atoms with Crippen LogP contribution in [0.5, 0.6) is 0 Å². The summed E-state index contributed by atoms with van der Waals surface area (Å²) in [6.07, 6.45) is 2.10. The van der Waals surface area contributed by atoms with Crippen LogP contribution >= 0.6 is 0 Å². The molecule has 1 unspecified atom stereocenters. The summed E-state index contributed by atoms with van der Waals surface area (Å²) < 4.78 is 13.1. The van der Waals surface area contributed by atoms with Crippen LogP contribution in [0.4, 0.5) is 4.39 Å². The molecule has 1 aromatic carbocycles. The molecule has 0 spiro atoms. The Balaban J connectivity index is 2.04. The van der Waals surface area contributed by atoms with E-state index < -0.39 is 0 Å². The first-order valence-corrected chi connectivity index (χ1v) is 6.49. The zero-order valence-electron chi connectivity index (χ0n) is 10.7. The molecule has 0 aromatic heterocycles. The molecule has 1 N–H and O–H groups in total. The standard InChI is InChI=1S/C14H19FN2O/c1-2-16-13-7-4-8-17(10-13)14(18)11-5-3-6-12(15)9-11/h3,5-6,9,13,16H,2,4,7-8,10H2,1H3. The van der Waals surface area contributed by atoms with Crippen molar-refractivity contribution >= 4 is 5.91 Å². The van der Waals surface area contributed by atoms with E-state index in [1.807, 2.05) is 4.90 Å². The number of hydrogen-bond donors (Lipinski definition) is 1. The fourth-order valence-electron chi connectivity index (χ4n) is 2.42. The van der Waals surface area contributed by atoms with Gasteiger partial charge in [-0.15, -0.1) is 0 Å². The predicted octanol–water partition coefficient (Wildman–Crippen LogP) is 2.04. The Morgan fingerprint density at radius 1 is 1.56 bits per heavy atom. The molecule has 0 bridgehead atoms. The van der Waals surface area contributed by atoms with E-state index in [4.69, 9.17) is 0 Å². The monoisotopic (exact) mass is 250 g/mol. The molecule has 18 heavy (non-hydrogen) atoms. The molecule has 4 heteroatoms. The predicted molar refractivity (Wildman–Crippen MR) is 69.0 cm³/mol. The number of nitrogens with one attached hydrogen (secondary N) is 1. The smallest absolute Gasteiger partial charge is 0.254 e. The Morgan fingerprint density at radius 2 is 2.39 bits per heavy atom. The number of nitrogens with zero attached hydrogens (tertiary/aromatic N) is 1. The van der Waals surface area contributed by atoms with E-state index in [1.165, 1.54) is 12.1 Å². The molecule has 1 saturated heterocycles. The van der Waals surface area contributed by atoms with Gasteiger partial charge in [0.05, 0.1) is 0 Å². The zero-order valence-corrected chi connectivity index (χ0v) is 10.7. The molecular weight excluding hydrogens is 231 g/mol. The first kappa shape index (κ1) is 13.0. The number of carbonyl (C=O) groups excluding carboxylic acids is 1. The van der Waals surface area contributed by atoms with Gasteiger partial charge in [0, 0.05) is 24.7 Å². The molecule has 0 radical (unpaired) electrons. The topological polar surface area (TPSA) is 32.3 Å².